The number of ether oxygens (including phenoxy) is 1. The Labute approximate surface area is 172 Å². The number of carboxylic acid groups (broad SMARTS) is 1. The minimum absolute atomic E-state index is 0.157. The van der Waals surface area contributed by atoms with E-state index in [1.54, 1.807) is 24.3 Å². The molecule has 2 rings (SSSR count). The molecule has 0 saturated heterocycles. The van der Waals surface area contributed by atoms with Crippen molar-refractivity contribution in [2.75, 3.05) is 0 Å². The highest BCUT2D eigenvalue weighted by molar-refractivity contribution is 14.1. The molecule has 142 valence electrons. The van der Waals surface area contributed by atoms with Gasteiger partial charge in [0.1, 0.15) is 17.2 Å². The molecule has 27 heavy (non-hydrogen) atoms. The highest BCUT2D eigenvalue weighted by Crippen LogP contribution is 2.26. The normalized spacial score (nSPS) is 11.8. The summed E-state index contributed by atoms with van der Waals surface area (Å²) in [7, 11) is 0. The van der Waals surface area contributed by atoms with Crippen molar-refractivity contribution in [2.24, 2.45) is 5.41 Å². The van der Waals surface area contributed by atoms with Crippen LogP contribution < -0.4 is 10.1 Å². The summed E-state index contributed by atoms with van der Waals surface area (Å²) in [4.78, 5) is 23.5. The second-order valence-electron chi connectivity index (χ2n) is 7.25. The van der Waals surface area contributed by atoms with E-state index in [2.05, 4.69) is 27.9 Å². The van der Waals surface area contributed by atoms with Crippen LogP contribution in [-0.2, 0) is 9.59 Å². The van der Waals surface area contributed by atoms with E-state index in [0.29, 0.717) is 11.3 Å². The molecule has 0 bridgehead atoms. The van der Waals surface area contributed by atoms with Gasteiger partial charge in [-0.2, -0.15) is 0 Å². The van der Waals surface area contributed by atoms with Gasteiger partial charge in [0.05, 0.1) is 3.57 Å². The number of rotatable bonds is 6. The summed E-state index contributed by atoms with van der Waals surface area (Å²) in [5.41, 5.74) is 0.274. The molecular formula is C21H22INO4. The number of hydrogen-bond donors (Lipinski definition) is 2. The standard InChI is InChI=1S/C21H22INO4/c1-21(2,3)13-19(24)23-17(20(25)26)12-14-8-10-15(11-9-14)27-18-7-5-4-6-16(18)22/h4-12H,13H2,1-3H3,(H,23,24)(H,25,26)/b17-12+. The molecule has 6 heteroatoms. The molecule has 5 nitrogen and oxygen atoms in total. The second kappa shape index (κ2) is 9.03. The fourth-order valence-electron chi connectivity index (χ4n) is 2.28. The molecule has 1 amide bonds. The Morgan fingerprint density at radius 3 is 2.30 bits per heavy atom. The highest BCUT2D eigenvalue weighted by Gasteiger charge is 2.18. The summed E-state index contributed by atoms with van der Waals surface area (Å²) in [6.45, 7) is 5.76. The van der Waals surface area contributed by atoms with Crippen LogP contribution in [0.3, 0.4) is 0 Å². The summed E-state index contributed by atoms with van der Waals surface area (Å²) in [6.07, 6.45) is 1.67. The van der Waals surface area contributed by atoms with Gasteiger partial charge in [-0.15, -0.1) is 0 Å². The van der Waals surface area contributed by atoms with Gasteiger partial charge in [0.2, 0.25) is 5.91 Å². The van der Waals surface area contributed by atoms with Crippen molar-refractivity contribution >= 4 is 40.5 Å². The van der Waals surface area contributed by atoms with Crippen LogP contribution in [-0.4, -0.2) is 17.0 Å². The summed E-state index contributed by atoms with van der Waals surface area (Å²) < 4.78 is 6.82. The number of aliphatic carboxylic acids is 1. The first-order valence-electron chi connectivity index (χ1n) is 8.41. The van der Waals surface area contributed by atoms with Gasteiger partial charge in [0, 0.05) is 6.42 Å². The van der Waals surface area contributed by atoms with Crippen LogP contribution in [0.5, 0.6) is 11.5 Å². The van der Waals surface area contributed by atoms with Crippen molar-refractivity contribution in [1.82, 2.24) is 5.32 Å². The molecule has 0 heterocycles. The Morgan fingerprint density at radius 2 is 1.74 bits per heavy atom. The molecule has 0 aliphatic carbocycles. The van der Waals surface area contributed by atoms with Crippen LogP contribution in [0.25, 0.3) is 6.08 Å². The number of nitrogens with one attached hydrogen (secondary N) is 1. The number of hydrogen-bond acceptors (Lipinski definition) is 3. The molecule has 0 unspecified atom stereocenters. The average Bonchev–Trinajstić information content (AvgIpc) is 2.56. The van der Waals surface area contributed by atoms with E-state index in [9.17, 15) is 14.7 Å². The zero-order valence-corrected chi connectivity index (χ0v) is 17.6. The monoisotopic (exact) mass is 479 g/mol. The number of amides is 1. The number of halogens is 1. The van der Waals surface area contributed by atoms with Crippen LogP contribution >= 0.6 is 22.6 Å². The van der Waals surface area contributed by atoms with Gasteiger partial charge in [-0.25, -0.2) is 4.79 Å². The Kier molecular flexibility index (Phi) is 7.01. The summed E-state index contributed by atoms with van der Waals surface area (Å²) >= 11 is 2.20. The quantitative estimate of drug-likeness (QED) is 0.449. The smallest absolute Gasteiger partial charge is 0.352 e. The van der Waals surface area contributed by atoms with Crippen molar-refractivity contribution in [3.05, 3.63) is 63.4 Å². The van der Waals surface area contributed by atoms with Gasteiger partial charge in [-0.05, 0) is 63.9 Å². The van der Waals surface area contributed by atoms with Crippen molar-refractivity contribution in [1.29, 1.82) is 0 Å². The van der Waals surface area contributed by atoms with E-state index in [0.717, 1.165) is 9.32 Å². The minimum Gasteiger partial charge on any atom is -0.477 e. The third-order valence-corrected chi connectivity index (χ3v) is 4.34. The maximum Gasteiger partial charge on any atom is 0.352 e. The maximum absolute atomic E-state index is 12.0. The lowest BCUT2D eigenvalue weighted by Crippen LogP contribution is -2.30. The molecule has 0 aliphatic rings. The first-order valence-corrected chi connectivity index (χ1v) is 9.49. The zero-order chi connectivity index (χ0) is 20.0. The lowest BCUT2D eigenvalue weighted by atomic mass is 9.92. The van der Waals surface area contributed by atoms with Crippen LogP contribution in [0.4, 0.5) is 0 Å². The topological polar surface area (TPSA) is 75.6 Å². The third kappa shape index (κ3) is 7.05. The molecule has 2 N–H and O–H groups in total. The van der Waals surface area contributed by atoms with E-state index >= 15 is 0 Å². The first-order chi connectivity index (χ1) is 12.6. The number of para-hydroxylation sites is 1. The highest BCUT2D eigenvalue weighted by atomic mass is 127. The number of carbonyl (C=O) groups is 2. The Hall–Kier alpha value is -2.35. The van der Waals surface area contributed by atoms with Gasteiger partial charge in [-0.3, -0.25) is 4.79 Å². The SMILES string of the molecule is CC(C)(C)CC(=O)N/C(=C/c1ccc(Oc2ccccc2I)cc1)C(=O)O. The molecule has 2 aromatic carbocycles. The number of carboxylic acids is 1. The summed E-state index contributed by atoms with van der Waals surface area (Å²) in [5.74, 6) is -0.113. The largest absolute Gasteiger partial charge is 0.477 e. The Bertz CT molecular complexity index is 851. The third-order valence-electron chi connectivity index (χ3n) is 3.45. The zero-order valence-electron chi connectivity index (χ0n) is 15.5. The molecule has 0 aromatic heterocycles. The number of carbonyl (C=O) groups excluding carboxylic acids is 1. The van der Waals surface area contributed by atoms with Crippen LogP contribution in [0.2, 0.25) is 0 Å². The molecule has 0 saturated carbocycles. The fraction of sp³-hybridized carbons (Fsp3) is 0.238. The second-order valence-corrected chi connectivity index (χ2v) is 8.41. The Balaban J connectivity index is 2.12. The van der Waals surface area contributed by atoms with Crippen molar-refractivity contribution in [3.63, 3.8) is 0 Å². The minimum atomic E-state index is -1.18. The predicted octanol–water partition coefficient (Wildman–Crippen LogP) is 5.06. The van der Waals surface area contributed by atoms with Gasteiger partial charge < -0.3 is 15.2 Å². The number of benzene rings is 2. The van der Waals surface area contributed by atoms with Crippen LogP contribution in [0.15, 0.2) is 54.2 Å². The summed E-state index contributed by atoms with van der Waals surface area (Å²) in [6, 6.07) is 14.7. The van der Waals surface area contributed by atoms with Crippen molar-refractivity contribution in [3.8, 4) is 11.5 Å². The van der Waals surface area contributed by atoms with Gasteiger partial charge in [-0.1, -0.05) is 45.0 Å². The van der Waals surface area contributed by atoms with Crippen LogP contribution in [0.1, 0.15) is 32.8 Å². The van der Waals surface area contributed by atoms with Crippen LogP contribution in [0, 0.1) is 8.99 Å². The van der Waals surface area contributed by atoms with E-state index in [4.69, 9.17) is 4.74 Å². The fourth-order valence-corrected chi connectivity index (χ4v) is 2.78. The lowest BCUT2D eigenvalue weighted by Gasteiger charge is -2.17. The summed E-state index contributed by atoms with van der Waals surface area (Å²) in [5, 5.41) is 11.8. The average molecular weight is 479 g/mol. The van der Waals surface area contributed by atoms with E-state index in [1.807, 2.05) is 45.0 Å². The molecule has 0 fully saturated rings. The molecule has 0 radical (unpaired) electrons. The predicted molar refractivity (Wildman–Crippen MR) is 114 cm³/mol. The molecular weight excluding hydrogens is 457 g/mol. The van der Waals surface area contributed by atoms with E-state index < -0.39 is 5.97 Å². The van der Waals surface area contributed by atoms with Gasteiger partial charge in [0.25, 0.3) is 0 Å². The molecule has 2 aromatic rings. The van der Waals surface area contributed by atoms with Crippen molar-refractivity contribution < 1.29 is 19.4 Å². The van der Waals surface area contributed by atoms with Gasteiger partial charge >= 0.3 is 5.97 Å². The first kappa shape index (κ1) is 21.0. The molecule has 0 spiro atoms. The lowest BCUT2D eigenvalue weighted by molar-refractivity contribution is -0.134. The van der Waals surface area contributed by atoms with E-state index in [1.165, 1.54) is 6.08 Å². The maximum atomic E-state index is 12.0. The van der Waals surface area contributed by atoms with E-state index in [-0.39, 0.29) is 23.4 Å². The van der Waals surface area contributed by atoms with Crippen molar-refractivity contribution in [2.45, 2.75) is 27.2 Å². The Morgan fingerprint density at radius 1 is 1.11 bits per heavy atom. The van der Waals surface area contributed by atoms with Gasteiger partial charge in [0.15, 0.2) is 0 Å². The molecule has 0 atom stereocenters. The molecule has 0 aliphatic heterocycles.